The third kappa shape index (κ3) is 3.94. The summed E-state index contributed by atoms with van der Waals surface area (Å²) in [6.07, 6.45) is 0. The van der Waals surface area contributed by atoms with E-state index in [2.05, 4.69) is 0 Å². The molecule has 0 radical (unpaired) electrons. The lowest BCUT2D eigenvalue weighted by Crippen LogP contribution is -2.40. The Morgan fingerprint density at radius 1 is 0.967 bits per heavy atom. The third-order valence-corrected chi connectivity index (χ3v) is 4.86. The van der Waals surface area contributed by atoms with E-state index in [9.17, 15) is 19.2 Å². The topological polar surface area (TPSA) is 85.7 Å². The van der Waals surface area contributed by atoms with Gasteiger partial charge in [0.15, 0.2) is 5.75 Å². The number of aromatic nitrogens is 1. The number of aryl methyl sites for hydroxylation is 1. The maximum absolute atomic E-state index is 13.4. The van der Waals surface area contributed by atoms with Gasteiger partial charge in [0.05, 0.1) is 11.2 Å². The molecule has 7 nitrogen and oxygen atoms in total. The number of carbonyl (C=O) groups is 3. The number of fused-ring (bicyclic) bond motifs is 1. The third-order valence-electron chi connectivity index (χ3n) is 4.37. The second-order valence-electron chi connectivity index (χ2n) is 6.46. The van der Waals surface area contributed by atoms with Crippen LogP contribution >= 0.6 is 23.2 Å². The van der Waals surface area contributed by atoms with E-state index in [1.165, 1.54) is 48.9 Å². The number of halogens is 2. The molecule has 0 bridgehead atoms. The zero-order valence-corrected chi connectivity index (χ0v) is 17.7. The molecule has 1 heterocycles. The fourth-order valence-electron chi connectivity index (χ4n) is 3.07. The van der Waals surface area contributed by atoms with E-state index in [-0.39, 0.29) is 16.8 Å². The van der Waals surface area contributed by atoms with Crippen LogP contribution in [0.3, 0.4) is 0 Å². The number of benzene rings is 2. The number of imide groups is 1. The maximum Gasteiger partial charge on any atom is 0.308 e. The highest BCUT2D eigenvalue weighted by molar-refractivity contribution is 6.32. The van der Waals surface area contributed by atoms with Crippen molar-refractivity contribution in [3.63, 3.8) is 0 Å². The Labute approximate surface area is 181 Å². The van der Waals surface area contributed by atoms with E-state index in [1.54, 1.807) is 12.1 Å². The highest BCUT2D eigenvalue weighted by Crippen LogP contribution is 2.32. The standard InChI is InChI=1S/C21H16Cl2N2O5/c1-11(26)25(15-7-4-13(22)5-8-15)21(29)18-19(30-12(2)27)16-10-14(23)6-9-17(16)24(3)20(18)28/h4-10H,1-3H3. The van der Waals surface area contributed by atoms with Gasteiger partial charge in [0.2, 0.25) is 5.91 Å². The van der Waals surface area contributed by atoms with E-state index in [0.29, 0.717) is 15.6 Å². The SMILES string of the molecule is CC(=O)Oc1c(C(=O)N(C(C)=O)c2ccc(Cl)cc2)c(=O)n(C)c2ccc(Cl)cc12. The van der Waals surface area contributed by atoms with Crippen molar-refractivity contribution in [1.82, 2.24) is 4.57 Å². The normalized spacial score (nSPS) is 10.7. The maximum atomic E-state index is 13.4. The van der Waals surface area contributed by atoms with Gasteiger partial charge in [0, 0.05) is 36.3 Å². The molecular formula is C21H16Cl2N2O5. The van der Waals surface area contributed by atoms with Crippen LogP contribution in [0.15, 0.2) is 47.3 Å². The molecule has 2 amide bonds. The summed E-state index contributed by atoms with van der Waals surface area (Å²) >= 11 is 12.0. The van der Waals surface area contributed by atoms with Crippen molar-refractivity contribution >= 4 is 57.6 Å². The average Bonchev–Trinajstić information content (AvgIpc) is 2.67. The Hall–Kier alpha value is -3.16. The molecular weight excluding hydrogens is 431 g/mol. The van der Waals surface area contributed by atoms with Gasteiger partial charge in [-0.05, 0) is 42.5 Å². The summed E-state index contributed by atoms with van der Waals surface area (Å²) in [5.41, 5.74) is -0.587. The minimum Gasteiger partial charge on any atom is -0.425 e. The number of ether oxygens (including phenoxy) is 1. The Morgan fingerprint density at radius 2 is 1.57 bits per heavy atom. The van der Waals surface area contributed by atoms with Gasteiger partial charge < -0.3 is 9.30 Å². The van der Waals surface area contributed by atoms with Crippen LogP contribution in [0.4, 0.5) is 5.69 Å². The summed E-state index contributed by atoms with van der Waals surface area (Å²) in [5, 5.41) is 1.00. The summed E-state index contributed by atoms with van der Waals surface area (Å²) in [7, 11) is 1.47. The summed E-state index contributed by atoms with van der Waals surface area (Å²) in [6.45, 7) is 2.32. The molecule has 0 atom stereocenters. The predicted octanol–water partition coefficient (Wildman–Crippen LogP) is 3.96. The highest BCUT2D eigenvalue weighted by Gasteiger charge is 2.30. The largest absolute Gasteiger partial charge is 0.425 e. The predicted molar refractivity (Wildman–Crippen MR) is 114 cm³/mol. The van der Waals surface area contributed by atoms with Crippen LogP contribution in [-0.2, 0) is 16.6 Å². The van der Waals surface area contributed by atoms with Crippen LogP contribution in [0.25, 0.3) is 10.9 Å². The molecule has 3 aromatic rings. The zero-order chi connectivity index (χ0) is 22.2. The van der Waals surface area contributed by atoms with Crippen molar-refractivity contribution in [3.8, 4) is 5.75 Å². The van der Waals surface area contributed by atoms with Gasteiger partial charge in [-0.15, -0.1) is 0 Å². The van der Waals surface area contributed by atoms with E-state index in [0.717, 1.165) is 11.8 Å². The quantitative estimate of drug-likeness (QED) is 0.568. The Balaban J connectivity index is 2.34. The van der Waals surface area contributed by atoms with Crippen LogP contribution in [0.1, 0.15) is 24.2 Å². The highest BCUT2D eigenvalue weighted by atomic mass is 35.5. The lowest BCUT2D eigenvalue weighted by Gasteiger charge is -2.21. The van der Waals surface area contributed by atoms with Gasteiger partial charge >= 0.3 is 5.97 Å². The Morgan fingerprint density at radius 3 is 2.13 bits per heavy atom. The first kappa shape index (κ1) is 21.5. The first-order valence-electron chi connectivity index (χ1n) is 8.73. The van der Waals surface area contributed by atoms with Crippen LogP contribution < -0.4 is 15.2 Å². The number of anilines is 1. The number of nitrogens with zero attached hydrogens (tertiary/aromatic N) is 2. The van der Waals surface area contributed by atoms with Crippen molar-refractivity contribution in [3.05, 3.63) is 68.4 Å². The van der Waals surface area contributed by atoms with E-state index < -0.39 is 28.9 Å². The number of rotatable bonds is 3. The molecule has 30 heavy (non-hydrogen) atoms. The molecule has 0 saturated heterocycles. The smallest absolute Gasteiger partial charge is 0.308 e. The van der Waals surface area contributed by atoms with Crippen molar-refractivity contribution < 1.29 is 19.1 Å². The van der Waals surface area contributed by atoms with Crippen molar-refractivity contribution in [2.75, 3.05) is 4.90 Å². The Bertz CT molecular complexity index is 1250. The number of hydrogen-bond acceptors (Lipinski definition) is 5. The van der Waals surface area contributed by atoms with Crippen molar-refractivity contribution in [2.45, 2.75) is 13.8 Å². The second-order valence-corrected chi connectivity index (χ2v) is 7.33. The molecule has 0 N–H and O–H groups in total. The summed E-state index contributed by atoms with van der Waals surface area (Å²) in [4.78, 5) is 51.4. The monoisotopic (exact) mass is 446 g/mol. The minimum absolute atomic E-state index is 0.207. The first-order valence-corrected chi connectivity index (χ1v) is 9.48. The van der Waals surface area contributed by atoms with Gasteiger partial charge in [-0.2, -0.15) is 0 Å². The first-order chi connectivity index (χ1) is 14.1. The van der Waals surface area contributed by atoms with Crippen LogP contribution in [0.5, 0.6) is 5.75 Å². The average molecular weight is 447 g/mol. The Kier molecular flexibility index (Phi) is 5.96. The van der Waals surface area contributed by atoms with Crippen LogP contribution in [-0.4, -0.2) is 22.4 Å². The minimum atomic E-state index is -0.941. The lowest BCUT2D eigenvalue weighted by molar-refractivity contribution is -0.131. The molecule has 0 aliphatic rings. The van der Waals surface area contributed by atoms with Gasteiger partial charge in [-0.3, -0.25) is 19.2 Å². The number of amides is 2. The molecule has 154 valence electrons. The summed E-state index contributed by atoms with van der Waals surface area (Å²) in [5.74, 6) is -2.57. The number of hydrogen-bond donors (Lipinski definition) is 0. The lowest BCUT2D eigenvalue weighted by atomic mass is 10.1. The zero-order valence-electron chi connectivity index (χ0n) is 16.2. The van der Waals surface area contributed by atoms with E-state index >= 15 is 0 Å². The van der Waals surface area contributed by atoms with Gasteiger partial charge in [0.1, 0.15) is 5.56 Å². The molecule has 2 aromatic carbocycles. The van der Waals surface area contributed by atoms with Crippen LogP contribution in [0.2, 0.25) is 10.0 Å². The molecule has 0 aliphatic heterocycles. The van der Waals surface area contributed by atoms with Crippen molar-refractivity contribution in [2.24, 2.45) is 7.05 Å². The van der Waals surface area contributed by atoms with E-state index in [1.807, 2.05) is 0 Å². The van der Waals surface area contributed by atoms with Crippen LogP contribution in [0, 0.1) is 0 Å². The van der Waals surface area contributed by atoms with E-state index in [4.69, 9.17) is 27.9 Å². The van der Waals surface area contributed by atoms with Gasteiger partial charge in [-0.1, -0.05) is 23.2 Å². The fourth-order valence-corrected chi connectivity index (χ4v) is 3.37. The fraction of sp³-hybridized carbons (Fsp3) is 0.143. The molecule has 3 rings (SSSR count). The molecule has 0 saturated carbocycles. The number of pyridine rings is 1. The molecule has 0 unspecified atom stereocenters. The molecule has 0 fully saturated rings. The second kappa shape index (κ2) is 8.30. The summed E-state index contributed by atoms with van der Waals surface area (Å²) in [6, 6.07) is 10.6. The van der Waals surface area contributed by atoms with Gasteiger partial charge in [0.25, 0.3) is 11.5 Å². The molecule has 0 spiro atoms. The van der Waals surface area contributed by atoms with Crippen molar-refractivity contribution in [1.29, 1.82) is 0 Å². The van der Waals surface area contributed by atoms with Gasteiger partial charge in [-0.25, -0.2) is 4.90 Å². The molecule has 9 heteroatoms. The number of esters is 1. The number of carbonyl (C=O) groups excluding carboxylic acids is 3. The molecule has 0 aliphatic carbocycles. The molecule has 1 aromatic heterocycles. The summed E-state index contributed by atoms with van der Waals surface area (Å²) < 4.78 is 6.49.